The molecule has 0 bridgehead atoms. The van der Waals surface area contributed by atoms with Gasteiger partial charge >= 0.3 is 0 Å². The zero-order chi connectivity index (χ0) is 45.6. The van der Waals surface area contributed by atoms with Crippen LogP contribution in [0.1, 0.15) is 73.1 Å². The molecule has 0 aliphatic carbocycles. The third-order valence-electron chi connectivity index (χ3n) is 13.2. The fourth-order valence-electron chi connectivity index (χ4n) is 9.46. The maximum absolute atomic E-state index is 13.9. The van der Waals surface area contributed by atoms with E-state index in [9.17, 15) is 28.4 Å². The minimum Gasteiger partial charge on any atom is -0.496 e. The molecule has 3 fully saturated rings. The lowest BCUT2D eigenvalue weighted by molar-refractivity contribution is -0.136. The minimum absolute atomic E-state index is 0.0570. The van der Waals surface area contributed by atoms with Crippen molar-refractivity contribution in [3.05, 3.63) is 130 Å². The number of ether oxygens (including phenoxy) is 1. The van der Waals surface area contributed by atoms with Crippen LogP contribution >= 0.6 is 0 Å². The van der Waals surface area contributed by atoms with Gasteiger partial charge < -0.3 is 25.2 Å². The third kappa shape index (κ3) is 8.10. The van der Waals surface area contributed by atoms with Crippen molar-refractivity contribution in [1.82, 2.24) is 39.8 Å². The quantitative estimate of drug-likeness (QED) is 0.126. The van der Waals surface area contributed by atoms with Crippen molar-refractivity contribution >= 4 is 52.0 Å². The molecule has 10 rings (SSSR count). The number of anilines is 2. The molecule has 4 aliphatic rings. The van der Waals surface area contributed by atoms with Gasteiger partial charge in [-0.2, -0.15) is 5.10 Å². The van der Waals surface area contributed by atoms with Crippen molar-refractivity contribution in [3.63, 3.8) is 0 Å². The highest BCUT2D eigenvalue weighted by atomic mass is 19.1. The highest BCUT2D eigenvalue weighted by Gasteiger charge is 2.40. The van der Waals surface area contributed by atoms with Gasteiger partial charge in [-0.15, -0.1) is 0 Å². The lowest BCUT2D eigenvalue weighted by atomic mass is 10.00. The average Bonchev–Trinajstić information content (AvgIpc) is 3.86. The number of carbonyl (C=O) groups is 5. The molecule has 4 aromatic carbocycles. The number of ketones is 1. The maximum atomic E-state index is 13.9. The molecule has 1 atom stereocenters. The Kier molecular flexibility index (Phi) is 11.2. The first-order valence-corrected chi connectivity index (χ1v) is 22.1. The minimum atomic E-state index is -0.635. The zero-order valence-electron chi connectivity index (χ0n) is 36.3. The molecule has 0 unspecified atom stereocenters. The summed E-state index contributed by atoms with van der Waals surface area (Å²) in [5, 5.41) is 7.94. The molecule has 0 spiro atoms. The number of piperazine rings is 1. The normalized spacial score (nSPS) is 17.8. The number of aromatic nitrogens is 4. The number of carbonyl (C=O) groups excluding carboxylic acids is 5. The summed E-state index contributed by atoms with van der Waals surface area (Å²) in [5.41, 5.74) is 13.8. The van der Waals surface area contributed by atoms with E-state index in [4.69, 9.17) is 15.6 Å². The number of piperidine rings is 1. The molecule has 3 N–H and O–H groups in total. The van der Waals surface area contributed by atoms with Crippen LogP contribution in [-0.4, -0.2) is 116 Å². The van der Waals surface area contributed by atoms with Crippen LogP contribution in [0.15, 0.2) is 91.3 Å². The average molecular weight is 891 g/mol. The molecule has 2 aromatic heterocycles. The van der Waals surface area contributed by atoms with Crippen LogP contribution < -0.4 is 20.7 Å². The first-order chi connectivity index (χ1) is 32.0. The number of aryl methyl sites for hydroxylation is 1. The fourth-order valence-corrected chi connectivity index (χ4v) is 9.46. The number of Topliss-reactive ketones (excluding diaryl/α,β-unsaturated/α-hetero) is 1. The number of nitrogens with zero attached hydrogens (tertiary/aromatic N) is 8. The van der Waals surface area contributed by atoms with Gasteiger partial charge in [0, 0.05) is 87.6 Å². The van der Waals surface area contributed by atoms with E-state index in [0.29, 0.717) is 71.9 Å². The summed E-state index contributed by atoms with van der Waals surface area (Å²) in [6.45, 7) is 5.32. The van der Waals surface area contributed by atoms with Gasteiger partial charge in [0.2, 0.25) is 11.8 Å². The first kappa shape index (κ1) is 42.4. The Labute approximate surface area is 379 Å². The van der Waals surface area contributed by atoms with Gasteiger partial charge in [-0.1, -0.05) is 36.4 Å². The van der Waals surface area contributed by atoms with E-state index >= 15 is 0 Å². The smallest absolute Gasteiger partial charge is 0.255 e. The molecule has 336 valence electrons. The van der Waals surface area contributed by atoms with Gasteiger partial charge in [-0.3, -0.25) is 34.2 Å². The van der Waals surface area contributed by atoms with Gasteiger partial charge in [0.05, 0.1) is 24.1 Å². The van der Waals surface area contributed by atoms with Crippen LogP contribution in [0.2, 0.25) is 0 Å². The SMILES string of the molecule is COc1ccc(F)cc1C(=O)CCc1ccc(-c2nn(C3CN(C(=O)c4ccc(CN5CCN(c6ccc7c(c6)CN([C@H]6CCC(=O)NC6=O)C7=O)CC5)cc4)C3)c3ncnc(N)c23)cc1. The molecule has 17 heteroatoms. The second-order valence-corrected chi connectivity index (χ2v) is 17.3. The lowest BCUT2D eigenvalue weighted by Gasteiger charge is -2.39. The maximum Gasteiger partial charge on any atom is 0.255 e. The zero-order valence-corrected chi connectivity index (χ0v) is 36.3. The number of halogens is 1. The predicted molar refractivity (Wildman–Crippen MR) is 242 cm³/mol. The predicted octanol–water partition coefficient (Wildman–Crippen LogP) is 4.82. The molecule has 0 radical (unpaired) electrons. The topological polar surface area (TPSA) is 189 Å². The van der Waals surface area contributed by atoms with Crippen molar-refractivity contribution in [2.75, 3.05) is 57.0 Å². The summed E-state index contributed by atoms with van der Waals surface area (Å²) in [4.78, 5) is 80.7. The molecule has 16 nitrogen and oxygen atoms in total. The van der Waals surface area contributed by atoms with Crippen molar-refractivity contribution in [2.45, 2.75) is 50.9 Å². The molecule has 4 aliphatic heterocycles. The van der Waals surface area contributed by atoms with E-state index in [2.05, 4.69) is 31.2 Å². The standard InChI is InChI=1S/C49H47FN10O6/c1-66-41-16-11-34(50)23-38(41)40(61)15-6-29-2-7-31(8-3-29)44-43-45(51)52-28-53-46(43)60(55-44)36-26-58(27-36)48(64)32-9-4-30(5-10-32)24-56-18-20-57(21-19-56)35-12-13-37-33(22-35)25-59(49(37)65)39-14-17-42(62)54-47(39)63/h2-5,7-13,16,22-23,28,36,39H,6,14-15,17-21,24-27H2,1H3,(H2,51,52,53)(H,54,62,63)/t39-/m0/s1. The molecular formula is C49H47FN10O6. The van der Waals surface area contributed by atoms with Crippen molar-refractivity contribution in [3.8, 4) is 17.0 Å². The van der Waals surface area contributed by atoms with E-state index in [1.165, 1.54) is 31.6 Å². The van der Waals surface area contributed by atoms with Crippen LogP contribution in [-0.2, 0) is 29.1 Å². The number of methoxy groups -OCH3 is 1. The van der Waals surface area contributed by atoms with E-state index in [0.717, 1.165) is 60.7 Å². The number of hydrogen-bond donors (Lipinski definition) is 2. The van der Waals surface area contributed by atoms with Gasteiger partial charge in [0.1, 0.15) is 35.4 Å². The Morgan fingerprint density at radius 3 is 2.39 bits per heavy atom. The number of nitrogens with one attached hydrogen (secondary N) is 1. The van der Waals surface area contributed by atoms with Crippen molar-refractivity contribution in [2.24, 2.45) is 0 Å². The fraction of sp³-hybridized carbons (Fsp3) is 0.306. The van der Waals surface area contributed by atoms with Crippen LogP contribution in [0.4, 0.5) is 15.9 Å². The highest BCUT2D eigenvalue weighted by molar-refractivity contribution is 6.06. The second kappa shape index (κ2) is 17.5. The first-order valence-electron chi connectivity index (χ1n) is 22.1. The second-order valence-electron chi connectivity index (χ2n) is 17.3. The lowest BCUT2D eigenvalue weighted by Crippen LogP contribution is -2.52. The van der Waals surface area contributed by atoms with E-state index in [1.54, 1.807) is 9.80 Å². The van der Waals surface area contributed by atoms with E-state index < -0.39 is 17.8 Å². The summed E-state index contributed by atoms with van der Waals surface area (Å²) in [7, 11) is 1.45. The number of nitrogens with two attached hydrogens (primary N) is 1. The molecule has 6 aromatic rings. The van der Waals surface area contributed by atoms with Crippen molar-refractivity contribution < 1.29 is 33.1 Å². The van der Waals surface area contributed by atoms with Crippen LogP contribution in [0.3, 0.4) is 0 Å². The van der Waals surface area contributed by atoms with Crippen LogP contribution in [0.5, 0.6) is 5.75 Å². The number of benzene rings is 4. The Hall–Kier alpha value is -7.53. The molecular weight excluding hydrogens is 844 g/mol. The summed E-state index contributed by atoms with van der Waals surface area (Å²) >= 11 is 0. The van der Waals surface area contributed by atoms with Gasteiger partial charge in [-0.25, -0.2) is 19.0 Å². The summed E-state index contributed by atoms with van der Waals surface area (Å²) in [5.74, 6) is -1.01. The number of amides is 4. The highest BCUT2D eigenvalue weighted by Crippen LogP contribution is 2.35. The number of nitrogen functional groups attached to an aromatic ring is 1. The summed E-state index contributed by atoms with van der Waals surface area (Å²) < 4.78 is 21.0. The number of hydrogen-bond acceptors (Lipinski definition) is 12. The number of likely N-dealkylation sites (tertiary alicyclic amines) is 1. The Bertz CT molecular complexity index is 2910. The Morgan fingerprint density at radius 2 is 1.65 bits per heavy atom. The van der Waals surface area contributed by atoms with Crippen LogP contribution in [0, 0.1) is 5.82 Å². The monoisotopic (exact) mass is 890 g/mol. The number of rotatable bonds is 12. The van der Waals surface area contributed by atoms with E-state index in [-0.39, 0.29) is 48.0 Å². The van der Waals surface area contributed by atoms with Gasteiger partial charge in [0.15, 0.2) is 11.4 Å². The number of fused-ring (bicyclic) bond motifs is 2. The van der Waals surface area contributed by atoms with Crippen molar-refractivity contribution in [1.29, 1.82) is 0 Å². The Morgan fingerprint density at radius 1 is 0.894 bits per heavy atom. The van der Waals surface area contributed by atoms with E-state index in [1.807, 2.05) is 65.3 Å². The Balaban J connectivity index is 0.724. The largest absolute Gasteiger partial charge is 0.496 e. The van der Waals surface area contributed by atoms with Gasteiger partial charge in [0.25, 0.3) is 11.8 Å². The summed E-state index contributed by atoms with van der Waals surface area (Å²) in [6.07, 6.45) is 2.61. The molecule has 6 heterocycles. The third-order valence-corrected chi connectivity index (χ3v) is 13.2. The van der Waals surface area contributed by atoms with Gasteiger partial charge in [-0.05, 0) is 78.1 Å². The molecule has 3 saturated heterocycles. The molecule has 0 saturated carbocycles. The number of imide groups is 1. The summed E-state index contributed by atoms with van der Waals surface area (Å²) in [6, 6.07) is 24.5. The molecule has 4 amide bonds. The van der Waals surface area contributed by atoms with Crippen LogP contribution in [0.25, 0.3) is 22.3 Å². The molecule has 66 heavy (non-hydrogen) atoms.